The highest BCUT2D eigenvalue weighted by atomic mass is 35.5. The van der Waals surface area contributed by atoms with Crippen molar-refractivity contribution in [3.8, 4) is 0 Å². The van der Waals surface area contributed by atoms with Crippen molar-refractivity contribution in [3.05, 3.63) is 16.5 Å². The SMILES string of the molecule is CCCCC(CC)C(=O)Nc1cc(Cl)nc(Cl)n1. The molecule has 0 radical (unpaired) electrons. The first-order valence-electron chi connectivity index (χ1n) is 6.07. The van der Waals surface area contributed by atoms with Gasteiger partial charge in [0.2, 0.25) is 11.2 Å². The van der Waals surface area contributed by atoms with Gasteiger partial charge in [0, 0.05) is 12.0 Å². The Hall–Kier alpha value is -0.870. The zero-order valence-electron chi connectivity index (χ0n) is 10.5. The molecule has 18 heavy (non-hydrogen) atoms. The molecular formula is C12H17Cl2N3O. The summed E-state index contributed by atoms with van der Waals surface area (Å²) in [6.45, 7) is 4.11. The number of halogens is 2. The number of carbonyl (C=O) groups excluding carboxylic acids is 1. The number of amides is 1. The van der Waals surface area contributed by atoms with E-state index in [9.17, 15) is 4.79 Å². The van der Waals surface area contributed by atoms with Crippen molar-refractivity contribution in [1.29, 1.82) is 0 Å². The molecule has 0 bridgehead atoms. The normalized spacial score (nSPS) is 12.2. The highest BCUT2D eigenvalue weighted by Gasteiger charge is 2.16. The van der Waals surface area contributed by atoms with E-state index in [-0.39, 0.29) is 22.3 Å². The smallest absolute Gasteiger partial charge is 0.228 e. The third-order valence-electron chi connectivity index (χ3n) is 2.69. The summed E-state index contributed by atoms with van der Waals surface area (Å²) in [6.07, 6.45) is 3.80. The van der Waals surface area contributed by atoms with Crippen LogP contribution in [0.15, 0.2) is 6.07 Å². The molecule has 1 atom stereocenters. The second-order valence-corrected chi connectivity index (χ2v) is 4.81. The van der Waals surface area contributed by atoms with Crippen LogP contribution in [0.3, 0.4) is 0 Å². The molecule has 0 aliphatic carbocycles. The van der Waals surface area contributed by atoms with Crippen LogP contribution in [-0.2, 0) is 4.79 Å². The molecule has 0 fully saturated rings. The van der Waals surface area contributed by atoms with Gasteiger partial charge in [-0.05, 0) is 24.4 Å². The van der Waals surface area contributed by atoms with Crippen molar-refractivity contribution in [2.75, 3.05) is 5.32 Å². The Balaban J connectivity index is 2.67. The highest BCUT2D eigenvalue weighted by molar-refractivity contribution is 6.32. The molecule has 0 spiro atoms. The predicted octanol–water partition coefficient (Wildman–Crippen LogP) is 3.94. The van der Waals surface area contributed by atoms with Crippen LogP contribution in [-0.4, -0.2) is 15.9 Å². The molecule has 1 unspecified atom stereocenters. The lowest BCUT2D eigenvalue weighted by molar-refractivity contribution is -0.120. The second kappa shape index (κ2) is 7.54. The molecule has 0 aromatic carbocycles. The third-order valence-corrected chi connectivity index (χ3v) is 3.05. The molecule has 100 valence electrons. The fourth-order valence-electron chi connectivity index (χ4n) is 1.65. The topological polar surface area (TPSA) is 54.9 Å². The van der Waals surface area contributed by atoms with Gasteiger partial charge in [-0.25, -0.2) is 9.97 Å². The van der Waals surface area contributed by atoms with Crippen LogP contribution in [0.5, 0.6) is 0 Å². The van der Waals surface area contributed by atoms with Crippen molar-refractivity contribution >= 4 is 34.9 Å². The van der Waals surface area contributed by atoms with E-state index in [1.165, 1.54) is 6.07 Å². The van der Waals surface area contributed by atoms with Crippen LogP contribution in [0.4, 0.5) is 5.82 Å². The summed E-state index contributed by atoms with van der Waals surface area (Å²) in [5.74, 6) is 0.300. The van der Waals surface area contributed by atoms with Gasteiger partial charge >= 0.3 is 0 Å². The van der Waals surface area contributed by atoms with E-state index in [2.05, 4.69) is 22.2 Å². The Bertz CT molecular complexity index is 392. The highest BCUT2D eigenvalue weighted by Crippen LogP contribution is 2.18. The molecule has 4 nitrogen and oxygen atoms in total. The Labute approximate surface area is 117 Å². The van der Waals surface area contributed by atoms with E-state index >= 15 is 0 Å². The standard InChI is InChI=1S/C12H17Cl2N3O/c1-3-5-6-8(4-2)11(18)16-10-7-9(13)15-12(14)17-10/h7-8H,3-6H2,1-2H3,(H,15,16,17,18). The molecule has 1 heterocycles. The summed E-state index contributed by atoms with van der Waals surface area (Å²) in [7, 11) is 0. The van der Waals surface area contributed by atoms with Crippen LogP contribution in [0, 0.1) is 5.92 Å². The monoisotopic (exact) mass is 289 g/mol. The molecule has 0 aliphatic heterocycles. The van der Waals surface area contributed by atoms with Gasteiger partial charge < -0.3 is 5.32 Å². The summed E-state index contributed by atoms with van der Waals surface area (Å²) < 4.78 is 0. The molecule has 1 rings (SSSR count). The molecular weight excluding hydrogens is 273 g/mol. The number of nitrogens with one attached hydrogen (secondary N) is 1. The minimum atomic E-state index is -0.0446. The van der Waals surface area contributed by atoms with E-state index < -0.39 is 0 Å². The summed E-state index contributed by atoms with van der Waals surface area (Å²) in [5.41, 5.74) is 0. The Morgan fingerprint density at radius 3 is 2.67 bits per heavy atom. The predicted molar refractivity (Wildman–Crippen MR) is 74.0 cm³/mol. The molecule has 1 N–H and O–H groups in total. The van der Waals surface area contributed by atoms with Crippen LogP contribution < -0.4 is 5.32 Å². The number of hydrogen-bond donors (Lipinski definition) is 1. The van der Waals surface area contributed by atoms with Gasteiger partial charge in [-0.15, -0.1) is 0 Å². The molecule has 6 heteroatoms. The van der Waals surface area contributed by atoms with E-state index in [0.717, 1.165) is 25.7 Å². The van der Waals surface area contributed by atoms with E-state index in [0.29, 0.717) is 5.82 Å². The van der Waals surface area contributed by atoms with Crippen LogP contribution in [0.25, 0.3) is 0 Å². The van der Waals surface area contributed by atoms with Crippen molar-refractivity contribution in [3.63, 3.8) is 0 Å². The fourth-order valence-corrected chi connectivity index (χ4v) is 2.06. The first-order chi connectivity index (χ1) is 8.56. The van der Waals surface area contributed by atoms with Gasteiger partial charge in [0.15, 0.2) is 0 Å². The zero-order chi connectivity index (χ0) is 13.5. The number of nitrogens with zero attached hydrogens (tertiary/aromatic N) is 2. The van der Waals surface area contributed by atoms with Crippen LogP contribution in [0.2, 0.25) is 10.4 Å². The van der Waals surface area contributed by atoms with E-state index in [1.807, 2.05) is 6.92 Å². The van der Waals surface area contributed by atoms with Gasteiger partial charge in [-0.2, -0.15) is 0 Å². The first-order valence-corrected chi connectivity index (χ1v) is 6.83. The maximum absolute atomic E-state index is 12.0. The first kappa shape index (κ1) is 15.2. The quantitative estimate of drug-likeness (QED) is 0.637. The second-order valence-electron chi connectivity index (χ2n) is 4.08. The number of aromatic nitrogens is 2. The van der Waals surface area contributed by atoms with Gasteiger partial charge in [0.25, 0.3) is 0 Å². The molecule has 1 aromatic rings. The average molecular weight is 290 g/mol. The minimum absolute atomic E-state index is 0.00235. The molecule has 1 aromatic heterocycles. The molecule has 1 amide bonds. The Morgan fingerprint density at radius 1 is 1.39 bits per heavy atom. The maximum atomic E-state index is 12.0. The number of unbranched alkanes of at least 4 members (excludes halogenated alkanes) is 1. The Morgan fingerprint density at radius 2 is 2.11 bits per heavy atom. The number of carbonyl (C=O) groups is 1. The van der Waals surface area contributed by atoms with Crippen LogP contribution in [0.1, 0.15) is 39.5 Å². The summed E-state index contributed by atoms with van der Waals surface area (Å²) >= 11 is 11.4. The van der Waals surface area contributed by atoms with Gasteiger partial charge in [0.1, 0.15) is 11.0 Å². The van der Waals surface area contributed by atoms with Gasteiger partial charge in [0.05, 0.1) is 0 Å². The summed E-state index contributed by atoms with van der Waals surface area (Å²) in [4.78, 5) is 19.6. The molecule has 0 saturated carbocycles. The maximum Gasteiger partial charge on any atom is 0.228 e. The van der Waals surface area contributed by atoms with Crippen molar-refractivity contribution in [2.45, 2.75) is 39.5 Å². The fraction of sp³-hybridized carbons (Fsp3) is 0.583. The van der Waals surface area contributed by atoms with Crippen molar-refractivity contribution in [1.82, 2.24) is 9.97 Å². The lowest BCUT2D eigenvalue weighted by Crippen LogP contribution is -2.23. The lowest BCUT2D eigenvalue weighted by atomic mass is 9.98. The number of hydrogen-bond acceptors (Lipinski definition) is 3. The van der Waals surface area contributed by atoms with Crippen molar-refractivity contribution in [2.24, 2.45) is 5.92 Å². The minimum Gasteiger partial charge on any atom is -0.310 e. The van der Waals surface area contributed by atoms with Crippen molar-refractivity contribution < 1.29 is 4.79 Å². The number of rotatable bonds is 6. The Kier molecular flexibility index (Phi) is 6.36. The van der Waals surface area contributed by atoms with E-state index in [4.69, 9.17) is 23.2 Å². The zero-order valence-corrected chi connectivity index (χ0v) is 12.1. The van der Waals surface area contributed by atoms with E-state index in [1.54, 1.807) is 0 Å². The summed E-state index contributed by atoms with van der Waals surface area (Å²) in [5, 5.41) is 2.97. The molecule has 0 aliphatic rings. The largest absolute Gasteiger partial charge is 0.310 e. The summed E-state index contributed by atoms with van der Waals surface area (Å²) in [6, 6.07) is 1.48. The van der Waals surface area contributed by atoms with Crippen LogP contribution >= 0.6 is 23.2 Å². The lowest BCUT2D eigenvalue weighted by Gasteiger charge is -2.14. The van der Waals surface area contributed by atoms with Gasteiger partial charge in [-0.1, -0.05) is 38.3 Å². The van der Waals surface area contributed by atoms with Gasteiger partial charge in [-0.3, -0.25) is 4.79 Å². The average Bonchev–Trinajstić information content (AvgIpc) is 2.28. The third kappa shape index (κ3) is 4.78. The molecule has 0 saturated heterocycles. The number of anilines is 1.